The summed E-state index contributed by atoms with van der Waals surface area (Å²) in [5, 5.41) is 0.906. The molecule has 0 fully saturated rings. The van der Waals surface area contributed by atoms with Crippen LogP contribution in [0.15, 0.2) is 48.5 Å². The van der Waals surface area contributed by atoms with Crippen molar-refractivity contribution in [1.29, 1.82) is 0 Å². The number of Topliss-reactive ketones (excluding diaryl/α,β-unsaturated/α-hetero) is 1. The molecule has 0 atom stereocenters. The van der Waals surface area contributed by atoms with E-state index in [2.05, 4.69) is 0 Å². The van der Waals surface area contributed by atoms with Crippen LogP contribution in [0.4, 0.5) is 0 Å². The van der Waals surface area contributed by atoms with Crippen molar-refractivity contribution >= 4 is 40.9 Å². The van der Waals surface area contributed by atoms with Crippen LogP contribution < -0.4 is 0 Å². The van der Waals surface area contributed by atoms with Gasteiger partial charge in [0, 0.05) is 35.0 Å². The third-order valence-electron chi connectivity index (χ3n) is 3.60. The van der Waals surface area contributed by atoms with Gasteiger partial charge in [-0.3, -0.25) is 14.4 Å². The molecule has 0 N–H and O–H groups in total. The summed E-state index contributed by atoms with van der Waals surface area (Å²) in [5.41, 5.74) is -1.05. The van der Waals surface area contributed by atoms with Gasteiger partial charge in [0.15, 0.2) is 6.61 Å². The van der Waals surface area contributed by atoms with Crippen molar-refractivity contribution in [2.45, 2.75) is 19.4 Å². The van der Waals surface area contributed by atoms with E-state index in [0.29, 0.717) is 21.2 Å². The highest BCUT2D eigenvalue weighted by Crippen LogP contribution is 2.36. The molecule has 0 amide bonds. The van der Waals surface area contributed by atoms with Crippen LogP contribution in [0.2, 0.25) is 10.0 Å². The third kappa shape index (κ3) is 4.42. The molecule has 0 aromatic heterocycles. The predicted octanol–water partition coefficient (Wildman–Crippen LogP) is 3.93. The summed E-state index contributed by atoms with van der Waals surface area (Å²) in [7, 11) is 0. The van der Waals surface area contributed by atoms with Gasteiger partial charge in [-0.05, 0) is 24.3 Å². The molecule has 0 bridgehead atoms. The molecule has 0 unspecified atom stereocenters. The number of esters is 2. The first kappa shape index (κ1) is 19.9. The molecule has 0 aliphatic heterocycles. The topological polar surface area (TPSA) is 69.7 Å². The van der Waals surface area contributed by atoms with Gasteiger partial charge in [0.2, 0.25) is 11.4 Å². The number of carbonyl (C=O) groups excluding carboxylic acids is 3. The number of halogens is 2. The molecule has 5 nitrogen and oxygen atoms in total. The Kier molecular flexibility index (Phi) is 6.40. The fourth-order valence-electron chi connectivity index (χ4n) is 2.52. The van der Waals surface area contributed by atoms with E-state index in [1.165, 1.54) is 13.8 Å². The molecule has 0 spiro atoms. The first-order chi connectivity index (χ1) is 12.3. The smallest absolute Gasteiger partial charge is 0.304 e. The molecule has 2 aromatic rings. The highest BCUT2D eigenvalue weighted by molar-refractivity contribution is 6.30. The van der Waals surface area contributed by atoms with Gasteiger partial charge in [-0.15, -0.1) is 0 Å². The van der Waals surface area contributed by atoms with Gasteiger partial charge < -0.3 is 9.47 Å². The summed E-state index contributed by atoms with van der Waals surface area (Å²) in [6.07, 6.45) is 0. The maximum Gasteiger partial charge on any atom is 0.304 e. The molecule has 0 aliphatic carbocycles. The maximum atomic E-state index is 13.1. The normalized spacial score (nSPS) is 10.9. The van der Waals surface area contributed by atoms with Crippen LogP contribution in [0, 0.1) is 0 Å². The van der Waals surface area contributed by atoms with Gasteiger partial charge in [-0.2, -0.15) is 0 Å². The van der Waals surface area contributed by atoms with E-state index in [1.54, 1.807) is 48.5 Å². The highest BCUT2D eigenvalue weighted by Gasteiger charge is 2.45. The lowest BCUT2D eigenvalue weighted by atomic mass is 9.82. The van der Waals surface area contributed by atoms with Gasteiger partial charge in [0.25, 0.3) is 0 Å². The summed E-state index contributed by atoms with van der Waals surface area (Å²) in [6, 6.07) is 12.6. The van der Waals surface area contributed by atoms with Crippen LogP contribution in [-0.2, 0) is 29.5 Å². The third-order valence-corrected chi connectivity index (χ3v) is 4.10. The second-order valence-corrected chi connectivity index (χ2v) is 6.36. The van der Waals surface area contributed by atoms with Crippen molar-refractivity contribution in [3.63, 3.8) is 0 Å². The van der Waals surface area contributed by atoms with Gasteiger partial charge in [-0.1, -0.05) is 47.5 Å². The summed E-state index contributed by atoms with van der Waals surface area (Å²) in [4.78, 5) is 36.0. The monoisotopic (exact) mass is 394 g/mol. The van der Waals surface area contributed by atoms with Crippen molar-refractivity contribution in [3.8, 4) is 0 Å². The largest absolute Gasteiger partial charge is 0.458 e. The lowest BCUT2D eigenvalue weighted by molar-refractivity contribution is -0.166. The molecule has 0 radical (unpaired) electrons. The Balaban J connectivity index is 2.67. The molecule has 2 aromatic carbocycles. The molecular formula is C19H16Cl2O5. The van der Waals surface area contributed by atoms with E-state index >= 15 is 0 Å². The quantitative estimate of drug-likeness (QED) is 0.694. The molecule has 0 saturated carbocycles. The SMILES string of the molecule is CC(=O)OCC(=O)C(OC(C)=O)(c1ccc(Cl)cc1)c1ccc(Cl)cc1. The number of ketones is 1. The summed E-state index contributed by atoms with van der Waals surface area (Å²) in [5.74, 6) is -1.92. The van der Waals surface area contributed by atoms with Crippen molar-refractivity contribution < 1.29 is 23.9 Å². The van der Waals surface area contributed by atoms with E-state index in [-0.39, 0.29) is 0 Å². The van der Waals surface area contributed by atoms with Crippen LogP contribution in [0.5, 0.6) is 0 Å². The highest BCUT2D eigenvalue weighted by atomic mass is 35.5. The standard InChI is InChI=1S/C19H16Cl2O5/c1-12(22)25-11-18(24)19(26-13(2)23,14-3-7-16(20)8-4-14)15-5-9-17(21)10-6-15/h3-10H,11H2,1-2H3. The molecule has 0 saturated heterocycles. The van der Waals surface area contributed by atoms with Crippen molar-refractivity contribution in [2.75, 3.05) is 6.61 Å². The summed E-state index contributed by atoms with van der Waals surface area (Å²) in [6.45, 7) is 1.82. The number of rotatable bonds is 6. The fraction of sp³-hybridized carbons (Fsp3) is 0.211. The van der Waals surface area contributed by atoms with Crippen LogP contribution in [-0.4, -0.2) is 24.3 Å². The maximum absolute atomic E-state index is 13.1. The second kappa shape index (κ2) is 8.34. The zero-order chi connectivity index (χ0) is 19.3. The molecule has 2 rings (SSSR count). The molecular weight excluding hydrogens is 379 g/mol. The lowest BCUT2D eigenvalue weighted by Gasteiger charge is -2.32. The molecule has 26 heavy (non-hydrogen) atoms. The number of ether oxygens (including phenoxy) is 2. The van der Waals surface area contributed by atoms with Crippen LogP contribution in [0.1, 0.15) is 25.0 Å². The van der Waals surface area contributed by atoms with Crippen LogP contribution in [0.25, 0.3) is 0 Å². The Labute approximate surface area is 160 Å². The van der Waals surface area contributed by atoms with Crippen LogP contribution >= 0.6 is 23.2 Å². The zero-order valence-corrected chi connectivity index (χ0v) is 15.6. The Hall–Kier alpha value is -2.37. The Morgan fingerprint density at radius 2 is 1.23 bits per heavy atom. The first-order valence-electron chi connectivity index (χ1n) is 7.64. The molecule has 0 heterocycles. The summed E-state index contributed by atoms with van der Waals surface area (Å²) < 4.78 is 10.4. The Bertz CT molecular complexity index is 767. The predicted molar refractivity (Wildman–Crippen MR) is 97.1 cm³/mol. The number of hydrogen-bond acceptors (Lipinski definition) is 5. The molecule has 7 heteroatoms. The van der Waals surface area contributed by atoms with Gasteiger partial charge >= 0.3 is 11.9 Å². The molecule has 136 valence electrons. The average molecular weight is 395 g/mol. The van der Waals surface area contributed by atoms with E-state index in [1.807, 2.05) is 0 Å². The summed E-state index contributed by atoms with van der Waals surface area (Å²) >= 11 is 11.9. The number of carbonyl (C=O) groups is 3. The van der Waals surface area contributed by atoms with Gasteiger partial charge in [0.1, 0.15) is 0 Å². The van der Waals surface area contributed by atoms with E-state index in [9.17, 15) is 14.4 Å². The average Bonchev–Trinajstić information content (AvgIpc) is 2.59. The fourth-order valence-corrected chi connectivity index (χ4v) is 2.77. The minimum absolute atomic E-state index is 0.372. The first-order valence-corrected chi connectivity index (χ1v) is 8.39. The van der Waals surface area contributed by atoms with Gasteiger partial charge in [0.05, 0.1) is 0 Å². The van der Waals surface area contributed by atoms with E-state index in [0.717, 1.165) is 0 Å². The van der Waals surface area contributed by atoms with E-state index in [4.69, 9.17) is 32.7 Å². The van der Waals surface area contributed by atoms with Gasteiger partial charge in [-0.25, -0.2) is 0 Å². The number of benzene rings is 2. The Morgan fingerprint density at radius 1 is 0.808 bits per heavy atom. The van der Waals surface area contributed by atoms with Crippen molar-refractivity contribution in [2.24, 2.45) is 0 Å². The number of hydrogen-bond donors (Lipinski definition) is 0. The Morgan fingerprint density at radius 3 is 1.58 bits per heavy atom. The minimum atomic E-state index is -1.80. The van der Waals surface area contributed by atoms with Crippen molar-refractivity contribution in [1.82, 2.24) is 0 Å². The van der Waals surface area contributed by atoms with E-state index < -0.39 is 29.9 Å². The minimum Gasteiger partial charge on any atom is -0.458 e. The lowest BCUT2D eigenvalue weighted by Crippen LogP contribution is -2.43. The second-order valence-electron chi connectivity index (χ2n) is 5.49. The molecule has 0 aliphatic rings. The van der Waals surface area contributed by atoms with Crippen molar-refractivity contribution in [3.05, 3.63) is 69.7 Å². The zero-order valence-electron chi connectivity index (χ0n) is 14.1. The van der Waals surface area contributed by atoms with Crippen LogP contribution in [0.3, 0.4) is 0 Å².